The van der Waals surface area contributed by atoms with Gasteiger partial charge in [0.15, 0.2) is 0 Å². The van der Waals surface area contributed by atoms with E-state index in [0.29, 0.717) is 0 Å². The molecule has 1 aromatic heterocycles. The zero-order chi connectivity index (χ0) is 6.69. The molecule has 0 aliphatic carbocycles. The summed E-state index contributed by atoms with van der Waals surface area (Å²) in [5.41, 5.74) is 0.109. The maximum Gasteiger partial charge on any atom is 2.00 e. The van der Waals surface area contributed by atoms with Crippen LogP contribution in [0.15, 0.2) is 24.5 Å². The fourth-order valence-corrected chi connectivity index (χ4v) is 0.484. The first-order chi connectivity index (χ1) is 4.30. The van der Waals surface area contributed by atoms with Gasteiger partial charge in [-0.25, -0.2) is 0 Å². The fourth-order valence-electron chi connectivity index (χ4n) is 0.484. The van der Waals surface area contributed by atoms with Crippen molar-refractivity contribution in [2.45, 2.75) is 0 Å². The van der Waals surface area contributed by atoms with E-state index in [-0.39, 0.29) is 67.3 Å². The minimum atomic E-state index is -1.19. The van der Waals surface area contributed by atoms with Gasteiger partial charge in [-0.3, -0.25) is 4.98 Å². The number of carboxylic acid groups (broad SMARTS) is 1. The molecule has 0 spiro atoms. The normalized spacial score (nSPS) is 7.27. The molecule has 5 heteroatoms. The van der Waals surface area contributed by atoms with Crippen molar-refractivity contribution in [2.24, 2.45) is 0 Å². The number of aromatic nitrogens is 1. The number of nitrogens with zero attached hydrogens (tertiary/aromatic N) is 1. The van der Waals surface area contributed by atoms with Gasteiger partial charge < -0.3 is 33.9 Å². The molecule has 0 amide bonds. The SMILES string of the molecule is O=C([O-])c1cccnc1.[Ca+2].[I-]. The van der Waals surface area contributed by atoms with Gasteiger partial charge in [-0.15, -0.1) is 0 Å². The maximum absolute atomic E-state index is 10.0. The van der Waals surface area contributed by atoms with Gasteiger partial charge in [-0.2, -0.15) is 0 Å². The number of rotatable bonds is 1. The van der Waals surface area contributed by atoms with Crippen LogP contribution < -0.4 is 29.1 Å². The van der Waals surface area contributed by atoms with Crippen molar-refractivity contribution in [3.8, 4) is 0 Å². The second-order valence-electron chi connectivity index (χ2n) is 1.53. The molecule has 1 heterocycles. The van der Waals surface area contributed by atoms with Crippen LogP contribution in [0.5, 0.6) is 0 Å². The first-order valence-electron chi connectivity index (χ1n) is 2.42. The largest absolute Gasteiger partial charge is 2.00 e. The molecular weight excluding hydrogens is 285 g/mol. The zero-order valence-electron chi connectivity index (χ0n) is 5.66. The van der Waals surface area contributed by atoms with Crippen molar-refractivity contribution in [3.63, 3.8) is 0 Å². The minimum absolute atomic E-state index is 0. The van der Waals surface area contributed by atoms with Crippen LogP contribution in [-0.2, 0) is 0 Å². The summed E-state index contributed by atoms with van der Waals surface area (Å²) in [5.74, 6) is -1.19. The number of halogens is 1. The van der Waals surface area contributed by atoms with Gasteiger partial charge in [-0.05, 0) is 6.07 Å². The third-order valence-electron chi connectivity index (χ3n) is 0.897. The summed E-state index contributed by atoms with van der Waals surface area (Å²) in [4.78, 5) is 13.6. The molecule has 1 rings (SSSR count). The molecule has 1 aromatic rings. The number of carbonyl (C=O) groups is 1. The van der Waals surface area contributed by atoms with E-state index < -0.39 is 5.97 Å². The summed E-state index contributed by atoms with van der Waals surface area (Å²) >= 11 is 0. The smallest absolute Gasteiger partial charge is 1.00 e. The van der Waals surface area contributed by atoms with Crippen LogP contribution >= 0.6 is 0 Å². The summed E-state index contributed by atoms with van der Waals surface area (Å²) in [6.07, 6.45) is 2.75. The average Bonchev–Trinajstić information content (AvgIpc) is 1.90. The molecule has 0 N–H and O–H groups in total. The maximum atomic E-state index is 10.0. The van der Waals surface area contributed by atoms with Gasteiger partial charge in [0.2, 0.25) is 0 Å². The van der Waals surface area contributed by atoms with E-state index in [4.69, 9.17) is 0 Å². The van der Waals surface area contributed by atoms with E-state index in [1.54, 1.807) is 6.07 Å². The monoisotopic (exact) mass is 289 g/mol. The van der Waals surface area contributed by atoms with Gasteiger partial charge in [0.1, 0.15) is 0 Å². The van der Waals surface area contributed by atoms with Gasteiger partial charge in [0, 0.05) is 18.0 Å². The predicted molar refractivity (Wildman–Crippen MR) is 34.3 cm³/mol. The summed E-state index contributed by atoms with van der Waals surface area (Å²) < 4.78 is 0. The fraction of sp³-hybridized carbons (Fsp3) is 0. The molecule has 0 fully saturated rings. The first-order valence-corrected chi connectivity index (χ1v) is 2.42. The van der Waals surface area contributed by atoms with Crippen molar-refractivity contribution in [1.82, 2.24) is 4.98 Å². The molecule has 0 saturated carbocycles. The summed E-state index contributed by atoms with van der Waals surface area (Å²) in [6, 6.07) is 2.98. The topological polar surface area (TPSA) is 53.0 Å². The van der Waals surface area contributed by atoms with Crippen LogP contribution in [-0.4, -0.2) is 48.7 Å². The number of hydrogen-bond donors (Lipinski definition) is 0. The van der Waals surface area contributed by atoms with Crippen LogP contribution in [0.1, 0.15) is 10.4 Å². The Hall–Kier alpha value is 0.610. The molecule has 0 radical (unpaired) electrons. The molecule has 3 nitrogen and oxygen atoms in total. The van der Waals surface area contributed by atoms with Gasteiger partial charge in [0.25, 0.3) is 0 Å². The number of aromatic carboxylic acids is 1. The summed E-state index contributed by atoms with van der Waals surface area (Å²) in [5, 5.41) is 10.0. The Kier molecular flexibility index (Phi) is 9.35. The Balaban J connectivity index is 0. The zero-order valence-corrected chi connectivity index (χ0v) is 10.0. The minimum Gasteiger partial charge on any atom is -1.00 e. The Morgan fingerprint density at radius 1 is 1.55 bits per heavy atom. The first kappa shape index (κ1) is 14.2. The Bertz CT molecular complexity index is 217. The number of carboxylic acids is 1. The molecule has 0 saturated heterocycles. The van der Waals surface area contributed by atoms with Gasteiger partial charge in [-0.1, -0.05) is 6.07 Å². The molecule has 0 unspecified atom stereocenters. The molecule has 54 valence electrons. The Labute approximate surface area is 111 Å². The molecule has 0 aliphatic heterocycles. The molecular formula is C6H4CaINO2. The Morgan fingerprint density at radius 2 is 2.18 bits per heavy atom. The molecule has 0 bridgehead atoms. The van der Waals surface area contributed by atoms with Crippen molar-refractivity contribution in [1.29, 1.82) is 0 Å². The van der Waals surface area contributed by atoms with E-state index >= 15 is 0 Å². The third-order valence-corrected chi connectivity index (χ3v) is 0.897. The van der Waals surface area contributed by atoms with Crippen LogP contribution in [0.4, 0.5) is 0 Å². The molecule has 0 aromatic carbocycles. The van der Waals surface area contributed by atoms with Crippen LogP contribution in [0.3, 0.4) is 0 Å². The van der Waals surface area contributed by atoms with E-state index in [1.165, 1.54) is 18.5 Å². The number of pyridine rings is 1. The molecule has 11 heavy (non-hydrogen) atoms. The van der Waals surface area contributed by atoms with Gasteiger partial charge >= 0.3 is 37.7 Å². The van der Waals surface area contributed by atoms with E-state index in [1.807, 2.05) is 0 Å². The predicted octanol–water partition coefficient (Wildman–Crippen LogP) is -3.93. The molecule has 0 aliphatic rings. The number of carbonyl (C=O) groups excluding carboxylic acids is 1. The average molecular weight is 289 g/mol. The van der Waals surface area contributed by atoms with Crippen molar-refractivity contribution < 1.29 is 33.9 Å². The summed E-state index contributed by atoms with van der Waals surface area (Å²) in [7, 11) is 0. The van der Waals surface area contributed by atoms with Crippen LogP contribution in [0.25, 0.3) is 0 Å². The van der Waals surface area contributed by atoms with Crippen LogP contribution in [0, 0.1) is 0 Å². The quantitative estimate of drug-likeness (QED) is 0.392. The van der Waals surface area contributed by atoms with Crippen LogP contribution in [0.2, 0.25) is 0 Å². The summed E-state index contributed by atoms with van der Waals surface area (Å²) in [6.45, 7) is 0. The third kappa shape index (κ3) is 4.95. The second-order valence-corrected chi connectivity index (χ2v) is 1.53. The van der Waals surface area contributed by atoms with E-state index in [2.05, 4.69) is 4.98 Å². The molecule has 0 atom stereocenters. The van der Waals surface area contributed by atoms with E-state index in [0.717, 1.165) is 0 Å². The van der Waals surface area contributed by atoms with Crippen molar-refractivity contribution >= 4 is 43.7 Å². The number of hydrogen-bond acceptors (Lipinski definition) is 3. The van der Waals surface area contributed by atoms with Crippen molar-refractivity contribution in [3.05, 3.63) is 30.1 Å². The standard InChI is InChI=1S/C6H5NO2.Ca.HI/c8-6(9)5-2-1-3-7-4-5;;/h1-4H,(H,8,9);;1H/q;+2;/p-2. The second kappa shape index (κ2) is 7.27. The Morgan fingerprint density at radius 3 is 2.45 bits per heavy atom. The van der Waals surface area contributed by atoms with Gasteiger partial charge in [0.05, 0.1) is 5.97 Å². The van der Waals surface area contributed by atoms with Crippen molar-refractivity contribution in [2.75, 3.05) is 0 Å². The van der Waals surface area contributed by atoms with E-state index in [9.17, 15) is 9.90 Å².